The largest absolute Gasteiger partial charge is 0.504 e. The molecule has 0 amide bonds. The lowest BCUT2D eigenvalue weighted by Crippen LogP contribution is -1.96. The second-order valence-corrected chi connectivity index (χ2v) is 4.44. The number of phenols is 1. The summed E-state index contributed by atoms with van der Waals surface area (Å²) in [6, 6.07) is 10.2. The summed E-state index contributed by atoms with van der Waals surface area (Å²) in [5, 5.41) is 20.2. The molecule has 0 fully saturated rings. The van der Waals surface area contributed by atoms with Crippen molar-refractivity contribution < 1.29 is 19.6 Å². The van der Waals surface area contributed by atoms with E-state index < -0.39 is 4.92 Å². The number of methoxy groups -OCH3 is 1. The summed E-state index contributed by atoms with van der Waals surface area (Å²) in [6.45, 7) is 0. The van der Waals surface area contributed by atoms with Gasteiger partial charge in [0, 0.05) is 17.7 Å². The summed E-state index contributed by atoms with van der Waals surface area (Å²) in [7, 11) is 1.43. The molecule has 6 heteroatoms. The van der Waals surface area contributed by atoms with E-state index in [2.05, 4.69) is 0 Å². The zero-order valence-electron chi connectivity index (χ0n) is 11.7. The number of aromatic hydroxyl groups is 1. The average molecular weight is 299 g/mol. The number of hydrogen-bond acceptors (Lipinski definition) is 5. The molecule has 2 aromatic rings. The number of nitro groups is 1. The number of non-ortho nitro benzene ring substituents is 1. The van der Waals surface area contributed by atoms with Crippen LogP contribution < -0.4 is 4.74 Å². The molecule has 0 atom stereocenters. The second kappa shape index (κ2) is 6.53. The molecule has 0 radical (unpaired) electrons. The molecule has 0 unspecified atom stereocenters. The van der Waals surface area contributed by atoms with Crippen LogP contribution >= 0.6 is 0 Å². The van der Waals surface area contributed by atoms with Crippen molar-refractivity contribution in [3.8, 4) is 11.5 Å². The number of ketones is 1. The van der Waals surface area contributed by atoms with E-state index in [9.17, 15) is 20.0 Å². The molecule has 1 N–H and O–H groups in total. The molecule has 2 aromatic carbocycles. The molecule has 0 aliphatic carbocycles. The Bertz CT molecular complexity index is 752. The van der Waals surface area contributed by atoms with E-state index in [1.165, 1.54) is 43.5 Å². The maximum absolute atomic E-state index is 12.0. The van der Waals surface area contributed by atoms with Gasteiger partial charge in [-0.1, -0.05) is 24.3 Å². The van der Waals surface area contributed by atoms with E-state index in [1.807, 2.05) is 0 Å². The van der Waals surface area contributed by atoms with Crippen molar-refractivity contribution in [1.82, 2.24) is 0 Å². The number of carbonyl (C=O) groups is 1. The van der Waals surface area contributed by atoms with Crippen LogP contribution in [0.15, 0.2) is 48.5 Å². The Kier molecular flexibility index (Phi) is 4.53. The van der Waals surface area contributed by atoms with E-state index in [-0.39, 0.29) is 22.8 Å². The number of phenolic OH excluding ortho intramolecular Hbond substituents is 1. The van der Waals surface area contributed by atoms with Gasteiger partial charge in [-0.2, -0.15) is 0 Å². The third-order valence-electron chi connectivity index (χ3n) is 2.97. The molecule has 0 saturated carbocycles. The standard InChI is InChI=1S/C16H13NO5/c1-22-16-9-11(6-8-15(16)19)5-7-14(18)12-3-2-4-13(10-12)17(20)21/h2-10,19H,1H3/b7-5+. The first kappa shape index (κ1) is 15.2. The van der Waals surface area contributed by atoms with Crippen LogP contribution in [0, 0.1) is 10.1 Å². The number of hydrogen-bond donors (Lipinski definition) is 1. The zero-order chi connectivity index (χ0) is 16.1. The summed E-state index contributed by atoms with van der Waals surface area (Å²) < 4.78 is 4.98. The number of ether oxygens (including phenoxy) is 1. The minimum absolute atomic E-state index is 0.00432. The first-order chi connectivity index (χ1) is 10.5. The quantitative estimate of drug-likeness (QED) is 0.396. The zero-order valence-corrected chi connectivity index (χ0v) is 11.7. The van der Waals surface area contributed by atoms with Crippen molar-refractivity contribution in [2.24, 2.45) is 0 Å². The normalized spacial score (nSPS) is 10.6. The number of nitro benzene ring substituents is 1. The Morgan fingerprint density at radius 3 is 2.73 bits per heavy atom. The molecule has 0 bridgehead atoms. The van der Waals surface area contributed by atoms with Gasteiger partial charge in [0.1, 0.15) is 0 Å². The molecule has 2 rings (SSSR count). The van der Waals surface area contributed by atoms with Gasteiger partial charge in [-0.15, -0.1) is 0 Å². The number of rotatable bonds is 5. The van der Waals surface area contributed by atoms with Crippen molar-refractivity contribution in [3.05, 3.63) is 69.8 Å². The van der Waals surface area contributed by atoms with Crippen LogP contribution in [0.5, 0.6) is 11.5 Å². The SMILES string of the molecule is COc1cc(/C=C/C(=O)c2cccc([N+](=O)[O-])c2)ccc1O. The predicted molar refractivity (Wildman–Crippen MR) is 81.1 cm³/mol. The van der Waals surface area contributed by atoms with Crippen LogP contribution in [0.4, 0.5) is 5.69 Å². The molecule has 22 heavy (non-hydrogen) atoms. The highest BCUT2D eigenvalue weighted by Crippen LogP contribution is 2.26. The molecule has 0 aliphatic heterocycles. The molecular weight excluding hydrogens is 286 g/mol. The fourth-order valence-corrected chi connectivity index (χ4v) is 1.84. The van der Waals surface area contributed by atoms with Crippen LogP contribution in [-0.2, 0) is 0 Å². The topological polar surface area (TPSA) is 89.7 Å². The smallest absolute Gasteiger partial charge is 0.270 e. The Labute approximate surface area is 126 Å². The van der Waals surface area contributed by atoms with Crippen molar-refractivity contribution in [1.29, 1.82) is 0 Å². The molecule has 0 heterocycles. The van der Waals surface area contributed by atoms with Crippen LogP contribution in [0.2, 0.25) is 0 Å². The number of benzene rings is 2. The van der Waals surface area contributed by atoms with Gasteiger partial charge in [0.15, 0.2) is 17.3 Å². The molecule has 6 nitrogen and oxygen atoms in total. The van der Waals surface area contributed by atoms with Crippen LogP contribution in [0.1, 0.15) is 15.9 Å². The first-order valence-electron chi connectivity index (χ1n) is 6.35. The van der Waals surface area contributed by atoms with E-state index in [0.717, 1.165) is 0 Å². The van der Waals surface area contributed by atoms with Gasteiger partial charge in [0.25, 0.3) is 5.69 Å². The van der Waals surface area contributed by atoms with Gasteiger partial charge in [-0.05, 0) is 23.8 Å². The highest BCUT2D eigenvalue weighted by Gasteiger charge is 2.09. The molecule has 112 valence electrons. The Morgan fingerprint density at radius 1 is 1.27 bits per heavy atom. The van der Waals surface area contributed by atoms with Crippen molar-refractivity contribution in [3.63, 3.8) is 0 Å². The molecule has 0 aromatic heterocycles. The Balaban J connectivity index is 2.21. The minimum atomic E-state index is -0.550. The van der Waals surface area contributed by atoms with E-state index in [4.69, 9.17) is 4.74 Å². The van der Waals surface area contributed by atoms with Gasteiger partial charge >= 0.3 is 0 Å². The number of allylic oxidation sites excluding steroid dienone is 1. The maximum atomic E-state index is 12.0. The highest BCUT2D eigenvalue weighted by molar-refractivity contribution is 6.07. The monoisotopic (exact) mass is 299 g/mol. The summed E-state index contributed by atoms with van der Waals surface area (Å²) in [4.78, 5) is 22.2. The fourth-order valence-electron chi connectivity index (χ4n) is 1.84. The van der Waals surface area contributed by atoms with Crippen molar-refractivity contribution in [2.75, 3.05) is 7.11 Å². The predicted octanol–water partition coefficient (Wildman–Crippen LogP) is 3.21. The van der Waals surface area contributed by atoms with Crippen molar-refractivity contribution >= 4 is 17.5 Å². The summed E-state index contributed by atoms with van der Waals surface area (Å²) in [5.41, 5.74) is 0.759. The third-order valence-corrected chi connectivity index (χ3v) is 2.97. The molecule has 0 spiro atoms. The highest BCUT2D eigenvalue weighted by atomic mass is 16.6. The number of carbonyl (C=O) groups excluding carboxylic acids is 1. The van der Waals surface area contributed by atoms with Gasteiger partial charge < -0.3 is 9.84 Å². The molecular formula is C16H13NO5. The van der Waals surface area contributed by atoms with Gasteiger partial charge in [0.05, 0.1) is 12.0 Å². The second-order valence-electron chi connectivity index (χ2n) is 4.44. The third kappa shape index (κ3) is 3.49. The van der Waals surface area contributed by atoms with Crippen LogP contribution in [0.3, 0.4) is 0 Å². The van der Waals surface area contributed by atoms with Gasteiger partial charge in [-0.3, -0.25) is 14.9 Å². The number of nitrogens with zero attached hydrogens (tertiary/aromatic N) is 1. The average Bonchev–Trinajstić information content (AvgIpc) is 2.53. The van der Waals surface area contributed by atoms with E-state index in [1.54, 1.807) is 18.2 Å². The minimum Gasteiger partial charge on any atom is -0.504 e. The maximum Gasteiger partial charge on any atom is 0.270 e. The lowest BCUT2D eigenvalue weighted by Gasteiger charge is -2.03. The van der Waals surface area contributed by atoms with Crippen LogP contribution in [-0.4, -0.2) is 22.9 Å². The van der Waals surface area contributed by atoms with Gasteiger partial charge in [-0.25, -0.2) is 0 Å². The Hall–Kier alpha value is -3.15. The van der Waals surface area contributed by atoms with Crippen LogP contribution in [0.25, 0.3) is 6.08 Å². The summed E-state index contributed by atoms with van der Waals surface area (Å²) in [6.07, 6.45) is 2.86. The summed E-state index contributed by atoms with van der Waals surface area (Å²) in [5.74, 6) is -0.0506. The first-order valence-corrected chi connectivity index (χ1v) is 6.35. The summed E-state index contributed by atoms with van der Waals surface area (Å²) >= 11 is 0. The van der Waals surface area contributed by atoms with E-state index in [0.29, 0.717) is 11.3 Å². The molecule has 0 aliphatic rings. The fraction of sp³-hybridized carbons (Fsp3) is 0.0625. The van der Waals surface area contributed by atoms with Gasteiger partial charge in [0.2, 0.25) is 0 Å². The lowest BCUT2D eigenvalue weighted by molar-refractivity contribution is -0.384. The lowest BCUT2D eigenvalue weighted by atomic mass is 10.1. The van der Waals surface area contributed by atoms with Crippen molar-refractivity contribution in [2.45, 2.75) is 0 Å². The Morgan fingerprint density at radius 2 is 2.05 bits per heavy atom. The molecule has 0 saturated heterocycles. The van der Waals surface area contributed by atoms with E-state index >= 15 is 0 Å².